The van der Waals surface area contributed by atoms with Crippen LogP contribution in [0, 0.1) is 11.3 Å². The monoisotopic (exact) mass is 192 g/mol. The van der Waals surface area contributed by atoms with Gasteiger partial charge in [0.15, 0.2) is 0 Å². The topological polar surface area (TPSA) is 40.5 Å². The number of aliphatic hydroxyl groups excluding tert-OH is 2. The normalized spacial score (nSPS) is 17.5. The Hall–Kier alpha value is 0.270. The minimum Gasteiger partial charge on any atom is -0.394 e. The molecule has 3 heteroatoms. The highest BCUT2D eigenvalue weighted by Gasteiger charge is 2.29. The predicted molar refractivity (Wildman–Crippen MR) is 54.4 cm³/mol. The zero-order valence-electron chi connectivity index (χ0n) is 8.37. The lowest BCUT2D eigenvalue weighted by atomic mass is 9.79. The van der Waals surface area contributed by atoms with Crippen molar-refractivity contribution in [3.63, 3.8) is 0 Å². The van der Waals surface area contributed by atoms with Crippen molar-refractivity contribution in [2.45, 2.75) is 26.9 Å². The van der Waals surface area contributed by atoms with Crippen molar-refractivity contribution in [2.75, 3.05) is 18.6 Å². The summed E-state index contributed by atoms with van der Waals surface area (Å²) >= 11 is 1.71. The summed E-state index contributed by atoms with van der Waals surface area (Å²) in [6.07, 6.45) is 1.43. The Kier molecular flexibility index (Phi) is 5.21. The summed E-state index contributed by atoms with van der Waals surface area (Å²) in [6, 6.07) is 0. The van der Waals surface area contributed by atoms with Gasteiger partial charge in [0.05, 0.1) is 12.7 Å². The molecule has 0 spiro atoms. The molecule has 0 fully saturated rings. The second-order valence-electron chi connectivity index (χ2n) is 4.18. The molecule has 2 N–H and O–H groups in total. The molecule has 0 radical (unpaired) electrons. The maximum atomic E-state index is 9.52. The second kappa shape index (κ2) is 5.10. The van der Waals surface area contributed by atoms with Crippen molar-refractivity contribution < 1.29 is 10.2 Å². The van der Waals surface area contributed by atoms with E-state index >= 15 is 0 Å². The van der Waals surface area contributed by atoms with Crippen LogP contribution in [-0.2, 0) is 0 Å². The molecule has 0 aliphatic heterocycles. The van der Waals surface area contributed by atoms with Gasteiger partial charge in [0, 0.05) is 5.92 Å². The summed E-state index contributed by atoms with van der Waals surface area (Å²) in [5.41, 5.74) is 0.0607. The van der Waals surface area contributed by atoms with Crippen LogP contribution < -0.4 is 0 Å². The molecule has 0 aliphatic carbocycles. The van der Waals surface area contributed by atoms with E-state index in [1.807, 2.05) is 6.26 Å². The Bertz CT molecular complexity index is 120. The number of thioether (sulfide) groups is 1. The van der Waals surface area contributed by atoms with Gasteiger partial charge in [-0.3, -0.25) is 0 Å². The van der Waals surface area contributed by atoms with Gasteiger partial charge in [-0.15, -0.1) is 0 Å². The van der Waals surface area contributed by atoms with Crippen LogP contribution in [0.25, 0.3) is 0 Å². The van der Waals surface area contributed by atoms with Crippen LogP contribution in [-0.4, -0.2) is 34.9 Å². The van der Waals surface area contributed by atoms with E-state index < -0.39 is 6.10 Å². The number of rotatable bonds is 4. The molecule has 0 aromatic carbocycles. The number of hydrogen-bond donors (Lipinski definition) is 2. The largest absolute Gasteiger partial charge is 0.394 e. The zero-order valence-corrected chi connectivity index (χ0v) is 9.19. The van der Waals surface area contributed by atoms with Crippen molar-refractivity contribution in [1.82, 2.24) is 0 Å². The van der Waals surface area contributed by atoms with E-state index in [1.165, 1.54) is 0 Å². The van der Waals surface area contributed by atoms with Gasteiger partial charge in [0.2, 0.25) is 0 Å². The molecule has 74 valence electrons. The number of aliphatic hydroxyl groups is 2. The van der Waals surface area contributed by atoms with Crippen molar-refractivity contribution >= 4 is 11.8 Å². The molecule has 2 unspecified atom stereocenters. The smallest absolute Gasteiger partial charge is 0.0811 e. The lowest BCUT2D eigenvalue weighted by Gasteiger charge is -2.33. The highest BCUT2D eigenvalue weighted by Crippen LogP contribution is 2.30. The quantitative estimate of drug-likeness (QED) is 0.706. The van der Waals surface area contributed by atoms with Crippen molar-refractivity contribution in [3.05, 3.63) is 0 Å². The average molecular weight is 192 g/mol. The van der Waals surface area contributed by atoms with Crippen LogP contribution >= 0.6 is 11.8 Å². The molecule has 0 aliphatic rings. The molecule has 0 aromatic heterocycles. The average Bonchev–Trinajstić information content (AvgIpc) is 1.96. The fourth-order valence-electron chi connectivity index (χ4n) is 1.25. The molecule has 0 rings (SSSR count). The molecular formula is C9H20O2S. The van der Waals surface area contributed by atoms with Gasteiger partial charge in [-0.1, -0.05) is 20.8 Å². The third kappa shape index (κ3) is 3.78. The van der Waals surface area contributed by atoms with Crippen LogP contribution in [0.3, 0.4) is 0 Å². The van der Waals surface area contributed by atoms with Gasteiger partial charge in [-0.05, 0) is 17.4 Å². The van der Waals surface area contributed by atoms with E-state index in [1.54, 1.807) is 11.8 Å². The van der Waals surface area contributed by atoms with Crippen LogP contribution in [0.2, 0.25) is 0 Å². The lowest BCUT2D eigenvalue weighted by Crippen LogP contribution is -2.36. The summed E-state index contributed by atoms with van der Waals surface area (Å²) in [6.45, 7) is 6.13. The molecule has 0 heterocycles. The Labute approximate surface area is 79.4 Å². The molecule has 0 saturated heterocycles. The summed E-state index contributed by atoms with van der Waals surface area (Å²) < 4.78 is 0. The SMILES string of the molecule is CSCC(C(O)CO)C(C)(C)C. The lowest BCUT2D eigenvalue weighted by molar-refractivity contribution is 0.0132. The first-order valence-electron chi connectivity index (χ1n) is 4.21. The maximum Gasteiger partial charge on any atom is 0.0811 e. The van der Waals surface area contributed by atoms with Gasteiger partial charge in [-0.25, -0.2) is 0 Å². The Balaban J connectivity index is 4.22. The molecule has 12 heavy (non-hydrogen) atoms. The standard InChI is InChI=1S/C9H20O2S/c1-9(2,3)7(6-12-4)8(11)5-10/h7-8,10-11H,5-6H2,1-4H3. The highest BCUT2D eigenvalue weighted by atomic mass is 32.2. The van der Waals surface area contributed by atoms with E-state index in [4.69, 9.17) is 5.11 Å². The first kappa shape index (κ1) is 12.3. The van der Waals surface area contributed by atoms with Crippen LogP contribution in [0.1, 0.15) is 20.8 Å². The van der Waals surface area contributed by atoms with E-state index in [9.17, 15) is 5.11 Å². The molecular weight excluding hydrogens is 172 g/mol. The van der Waals surface area contributed by atoms with Crippen LogP contribution in [0.15, 0.2) is 0 Å². The molecule has 0 bridgehead atoms. The van der Waals surface area contributed by atoms with Crippen molar-refractivity contribution in [1.29, 1.82) is 0 Å². The van der Waals surface area contributed by atoms with Gasteiger partial charge in [-0.2, -0.15) is 11.8 Å². The Morgan fingerprint density at radius 2 is 1.83 bits per heavy atom. The number of hydrogen-bond acceptors (Lipinski definition) is 3. The minimum atomic E-state index is -0.586. The predicted octanol–water partition coefficient (Wildman–Crippen LogP) is 1.36. The van der Waals surface area contributed by atoms with E-state index in [2.05, 4.69) is 20.8 Å². The van der Waals surface area contributed by atoms with E-state index in [-0.39, 0.29) is 17.9 Å². The molecule has 2 nitrogen and oxygen atoms in total. The first-order chi connectivity index (χ1) is 5.43. The van der Waals surface area contributed by atoms with Crippen molar-refractivity contribution in [2.24, 2.45) is 11.3 Å². The summed E-state index contributed by atoms with van der Waals surface area (Å²) in [7, 11) is 0. The third-order valence-electron chi connectivity index (χ3n) is 2.11. The summed E-state index contributed by atoms with van der Waals surface area (Å²) in [4.78, 5) is 0. The van der Waals surface area contributed by atoms with E-state index in [0.717, 1.165) is 5.75 Å². The fraction of sp³-hybridized carbons (Fsp3) is 1.00. The minimum absolute atomic E-state index is 0.0607. The molecule has 0 saturated carbocycles. The molecule has 2 atom stereocenters. The Morgan fingerprint density at radius 1 is 1.33 bits per heavy atom. The van der Waals surface area contributed by atoms with Gasteiger partial charge < -0.3 is 10.2 Å². The first-order valence-corrected chi connectivity index (χ1v) is 5.60. The maximum absolute atomic E-state index is 9.52. The van der Waals surface area contributed by atoms with Crippen LogP contribution in [0.4, 0.5) is 0 Å². The van der Waals surface area contributed by atoms with Gasteiger partial charge >= 0.3 is 0 Å². The Morgan fingerprint density at radius 3 is 2.08 bits per heavy atom. The van der Waals surface area contributed by atoms with Crippen molar-refractivity contribution in [3.8, 4) is 0 Å². The van der Waals surface area contributed by atoms with E-state index in [0.29, 0.717) is 0 Å². The fourth-order valence-corrected chi connectivity index (χ4v) is 2.33. The summed E-state index contributed by atoms with van der Waals surface area (Å²) in [5.74, 6) is 1.06. The van der Waals surface area contributed by atoms with Gasteiger partial charge in [0.25, 0.3) is 0 Å². The second-order valence-corrected chi connectivity index (χ2v) is 5.09. The highest BCUT2D eigenvalue weighted by molar-refractivity contribution is 7.98. The molecule has 0 aromatic rings. The van der Waals surface area contributed by atoms with Crippen LogP contribution in [0.5, 0.6) is 0 Å². The molecule has 0 amide bonds. The summed E-state index contributed by atoms with van der Waals surface area (Å²) in [5, 5.41) is 18.4. The third-order valence-corrected chi connectivity index (χ3v) is 2.80. The zero-order chi connectivity index (χ0) is 9.78. The van der Waals surface area contributed by atoms with Gasteiger partial charge in [0.1, 0.15) is 0 Å².